The van der Waals surface area contributed by atoms with Crippen molar-refractivity contribution in [3.8, 4) is 0 Å². The molecule has 0 spiro atoms. The van der Waals surface area contributed by atoms with Crippen LogP contribution in [0.15, 0.2) is 18.2 Å². The van der Waals surface area contributed by atoms with Crippen molar-refractivity contribution >= 4 is 0 Å². The fourth-order valence-electron chi connectivity index (χ4n) is 2.72. The number of nitrogens with zero attached hydrogens (tertiary/aromatic N) is 2. The molecular formula is C14H19F2N3. The molecule has 19 heavy (non-hydrogen) atoms. The average molecular weight is 267 g/mol. The lowest BCUT2D eigenvalue weighted by Gasteiger charge is -2.43. The third-order valence-corrected chi connectivity index (χ3v) is 4.08. The first kappa shape index (κ1) is 13.0. The highest BCUT2D eigenvalue weighted by molar-refractivity contribution is 5.18. The number of nitrogens with one attached hydrogen (secondary N) is 1. The number of benzene rings is 1. The van der Waals surface area contributed by atoms with Crippen molar-refractivity contribution in [3.63, 3.8) is 0 Å². The molecule has 2 aliphatic heterocycles. The molecule has 1 N–H and O–H groups in total. The fourth-order valence-corrected chi connectivity index (χ4v) is 2.72. The predicted octanol–water partition coefficient (Wildman–Crippen LogP) is 1.05. The molecule has 104 valence electrons. The van der Waals surface area contributed by atoms with Gasteiger partial charge in [0.1, 0.15) is 11.6 Å². The van der Waals surface area contributed by atoms with Crippen molar-refractivity contribution in [2.45, 2.75) is 12.6 Å². The highest BCUT2D eigenvalue weighted by Crippen LogP contribution is 2.15. The zero-order chi connectivity index (χ0) is 13.2. The molecule has 1 aromatic rings. The molecule has 2 aliphatic rings. The van der Waals surface area contributed by atoms with E-state index in [1.165, 1.54) is 18.2 Å². The van der Waals surface area contributed by atoms with Gasteiger partial charge in [0.2, 0.25) is 0 Å². The summed E-state index contributed by atoms with van der Waals surface area (Å²) in [5.74, 6) is -0.678. The lowest BCUT2D eigenvalue weighted by molar-refractivity contribution is 0.0690. The van der Waals surface area contributed by atoms with Gasteiger partial charge in [-0.3, -0.25) is 9.80 Å². The standard InChI is InChI=1S/C14H19F2N3/c15-12-1-2-14(16)11(7-12)10-18-3-5-19(6-4-18)13-8-17-9-13/h1-2,7,13,17H,3-6,8-10H2. The molecule has 1 aromatic carbocycles. The summed E-state index contributed by atoms with van der Waals surface area (Å²) in [6.07, 6.45) is 0. The van der Waals surface area contributed by atoms with E-state index in [9.17, 15) is 8.78 Å². The van der Waals surface area contributed by atoms with Gasteiger partial charge >= 0.3 is 0 Å². The summed E-state index contributed by atoms with van der Waals surface area (Å²) in [5.41, 5.74) is 0.457. The van der Waals surface area contributed by atoms with Crippen molar-refractivity contribution in [3.05, 3.63) is 35.4 Å². The summed E-state index contributed by atoms with van der Waals surface area (Å²) >= 11 is 0. The monoisotopic (exact) mass is 267 g/mol. The molecule has 3 rings (SSSR count). The molecular weight excluding hydrogens is 248 g/mol. The van der Waals surface area contributed by atoms with Gasteiger partial charge in [0.15, 0.2) is 0 Å². The third-order valence-electron chi connectivity index (χ3n) is 4.08. The van der Waals surface area contributed by atoms with Gasteiger partial charge in [0.05, 0.1) is 0 Å². The zero-order valence-electron chi connectivity index (χ0n) is 10.9. The van der Waals surface area contributed by atoms with Crippen LogP contribution in [0.25, 0.3) is 0 Å². The number of piperazine rings is 1. The molecule has 0 saturated carbocycles. The second-order valence-corrected chi connectivity index (χ2v) is 5.36. The van der Waals surface area contributed by atoms with Crippen LogP contribution in [0.5, 0.6) is 0 Å². The summed E-state index contributed by atoms with van der Waals surface area (Å²) in [6, 6.07) is 4.35. The van der Waals surface area contributed by atoms with Crippen LogP contribution < -0.4 is 5.32 Å². The molecule has 0 atom stereocenters. The van der Waals surface area contributed by atoms with Gasteiger partial charge in [0, 0.05) is 57.4 Å². The first-order chi connectivity index (χ1) is 9.22. The van der Waals surface area contributed by atoms with Gasteiger partial charge in [0.25, 0.3) is 0 Å². The topological polar surface area (TPSA) is 18.5 Å². The largest absolute Gasteiger partial charge is 0.314 e. The van der Waals surface area contributed by atoms with Crippen LogP contribution in [0, 0.1) is 11.6 Å². The van der Waals surface area contributed by atoms with E-state index in [1.54, 1.807) is 0 Å². The van der Waals surface area contributed by atoms with Crippen molar-refractivity contribution < 1.29 is 8.78 Å². The van der Waals surface area contributed by atoms with Crippen LogP contribution in [0.3, 0.4) is 0 Å². The minimum atomic E-state index is -0.365. The van der Waals surface area contributed by atoms with E-state index in [0.29, 0.717) is 18.2 Å². The van der Waals surface area contributed by atoms with E-state index >= 15 is 0 Å². The highest BCUT2D eigenvalue weighted by atomic mass is 19.1. The highest BCUT2D eigenvalue weighted by Gasteiger charge is 2.27. The first-order valence-corrected chi connectivity index (χ1v) is 6.83. The second-order valence-electron chi connectivity index (χ2n) is 5.36. The molecule has 0 aromatic heterocycles. The maximum absolute atomic E-state index is 13.6. The Balaban J connectivity index is 1.55. The van der Waals surface area contributed by atoms with E-state index in [-0.39, 0.29) is 11.6 Å². The van der Waals surface area contributed by atoms with E-state index in [4.69, 9.17) is 0 Å². The van der Waals surface area contributed by atoms with E-state index < -0.39 is 0 Å². The van der Waals surface area contributed by atoms with Crippen LogP contribution in [0.1, 0.15) is 5.56 Å². The van der Waals surface area contributed by atoms with Crippen molar-refractivity contribution in [2.75, 3.05) is 39.3 Å². The first-order valence-electron chi connectivity index (χ1n) is 6.83. The summed E-state index contributed by atoms with van der Waals surface area (Å²) in [7, 11) is 0. The van der Waals surface area contributed by atoms with Crippen molar-refractivity contribution in [1.82, 2.24) is 15.1 Å². The third kappa shape index (κ3) is 2.94. The Morgan fingerprint density at radius 3 is 2.47 bits per heavy atom. The van der Waals surface area contributed by atoms with Crippen molar-refractivity contribution in [1.29, 1.82) is 0 Å². The van der Waals surface area contributed by atoms with Gasteiger partial charge in [-0.05, 0) is 18.2 Å². The van der Waals surface area contributed by atoms with Gasteiger partial charge in [-0.1, -0.05) is 0 Å². The van der Waals surface area contributed by atoms with Crippen LogP contribution >= 0.6 is 0 Å². The Labute approximate surface area is 112 Å². The Kier molecular flexibility index (Phi) is 3.77. The fraction of sp³-hybridized carbons (Fsp3) is 0.571. The smallest absolute Gasteiger partial charge is 0.127 e. The maximum Gasteiger partial charge on any atom is 0.127 e. The molecule has 0 radical (unpaired) electrons. The summed E-state index contributed by atoms with van der Waals surface area (Å²) in [5, 5.41) is 3.28. The predicted molar refractivity (Wildman–Crippen MR) is 69.9 cm³/mol. The van der Waals surface area contributed by atoms with Crippen LogP contribution in [0.2, 0.25) is 0 Å². The molecule has 0 aliphatic carbocycles. The Morgan fingerprint density at radius 2 is 1.84 bits per heavy atom. The quantitative estimate of drug-likeness (QED) is 0.883. The second kappa shape index (κ2) is 5.53. The molecule has 3 nitrogen and oxygen atoms in total. The average Bonchev–Trinajstić information content (AvgIpc) is 2.34. The normalized spacial score (nSPS) is 22.4. The van der Waals surface area contributed by atoms with Gasteiger partial charge in [-0.25, -0.2) is 8.78 Å². The molecule has 0 amide bonds. The summed E-state index contributed by atoms with van der Waals surface area (Å²) in [6.45, 7) is 6.54. The van der Waals surface area contributed by atoms with Crippen molar-refractivity contribution in [2.24, 2.45) is 0 Å². The van der Waals surface area contributed by atoms with Gasteiger partial charge < -0.3 is 5.32 Å². The Hall–Kier alpha value is -1.04. The Bertz CT molecular complexity index is 440. The molecule has 0 bridgehead atoms. The maximum atomic E-state index is 13.6. The van der Waals surface area contributed by atoms with Crippen LogP contribution in [-0.2, 0) is 6.54 Å². The van der Waals surface area contributed by atoms with E-state index in [0.717, 1.165) is 39.3 Å². The SMILES string of the molecule is Fc1ccc(F)c(CN2CCN(C3CNC3)CC2)c1. The summed E-state index contributed by atoms with van der Waals surface area (Å²) < 4.78 is 26.7. The van der Waals surface area contributed by atoms with Crippen LogP contribution in [-0.4, -0.2) is 55.1 Å². The van der Waals surface area contributed by atoms with E-state index in [1.807, 2.05) is 0 Å². The zero-order valence-corrected chi connectivity index (χ0v) is 10.9. The minimum Gasteiger partial charge on any atom is -0.314 e. The molecule has 2 heterocycles. The lowest BCUT2D eigenvalue weighted by atomic mass is 10.1. The van der Waals surface area contributed by atoms with Crippen LogP contribution in [0.4, 0.5) is 8.78 Å². The number of hydrogen-bond acceptors (Lipinski definition) is 3. The molecule has 5 heteroatoms. The van der Waals surface area contributed by atoms with Gasteiger partial charge in [-0.15, -0.1) is 0 Å². The summed E-state index contributed by atoms with van der Waals surface area (Å²) in [4.78, 5) is 4.68. The molecule has 2 saturated heterocycles. The molecule has 0 unspecified atom stereocenters. The Morgan fingerprint density at radius 1 is 1.11 bits per heavy atom. The van der Waals surface area contributed by atoms with E-state index in [2.05, 4.69) is 15.1 Å². The molecule has 2 fully saturated rings. The minimum absolute atomic E-state index is 0.313. The number of halogens is 2. The number of hydrogen-bond donors (Lipinski definition) is 1. The number of rotatable bonds is 3. The lowest BCUT2D eigenvalue weighted by Crippen LogP contribution is -2.61. The van der Waals surface area contributed by atoms with Gasteiger partial charge in [-0.2, -0.15) is 0 Å².